The molecule has 0 amide bonds. The van der Waals surface area contributed by atoms with Gasteiger partial charge in [0.2, 0.25) is 0 Å². The van der Waals surface area contributed by atoms with Crippen LogP contribution in [0.4, 0.5) is 0 Å². The van der Waals surface area contributed by atoms with Gasteiger partial charge in [0.25, 0.3) is 0 Å². The molecule has 0 saturated heterocycles. The van der Waals surface area contributed by atoms with Gasteiger partial charge in [0.15, 0.2) is 0 Å². The summed E-state index contributed by atoms with van der Waals surface area (Å²) in [5.41, 5.74) is 1.20. The predicted molar refractivity (Wildman–Crippen MR) is 44.3 cm³/mol. The molecule has 3 nitrogen and oxygen atoms in total. The Balaban J connectivity index is 2.36. The molecule has 0 bridgehead atoms. The Morgan fingerprint density at radius 1 is 1.73 bits per heavy atom. The number of hydrogen-bond donors (Lipinski definition) is 1. The second-order valence-electron chi connectivity index (χ2n) is 2.81. The molecule has 1 aliphatic heterocycles. The van der Waals surface area contributed by atoms with Gasteiger partial charge in [-0.05, 0) is 28.8 Å². The SMILES string of the molecule is OC1CCc2c(Br)cnn2C1. The molecule has 2 heterocycles. The number of hydrogen-bond acceptors (Lipinski definition) is 2. The van der Waals surface area contributed by atoms with Gasteiger partial charge in [-0.15, -0.1) is 0 Å². The van der Waals surface area contributed by atoms with Crippen molar-refractivity contribution in [3.63, 3.8) is 0 Å². The van der Waals surface area contributed by atoms with Gasteiger partial charge >= 0.3 is 0 Å². The van der Waals surface area contributed by atoms with Crippen LogP contribution in [0.3, 0.4) is 0 Å². The second kappa shape index (κ2) is 2.60. The highest BCUT2D eigenvalue weighted by Gasteiger charge is 2.18. The van der Waals surface area contributed by atoms with Gasteiger partial charge in [0, 0.05) is 0 Å². The zero-order valence-corrected chi connectivity index (χ0v) is 7.58. The van der Waals surface area contributed by atoms with Gasteiger partial charge in [0.1, 0.15) is 0 Å². The lowest BCUT2D eigenvalue weighted by Gasteiger charge is -2.18. The van der Waals surface area contributed by atoms with Crippen LogP contribution in [0.2, 0.25) is 0 Å². The number of aliphatic hydroxyl groups excluding tert-OH is 1. The summed E-state index contributed by atoms with van der Waals surface area (Å²) in [4.78, 5) is 0. The fourth-order valence-corrected chi connectivity index (χ4v) is 1.88. The van der Waals surface area contributed by atoms with Gasteiger partial charge in [-0.2, -0.15) is 5.10 Å². The molecule has 60 valence electrons. The normalized spacial score (nSPS) is 23.3. The van der Waals surface area contributed by atoms with E-state index in [-0.39, 0.29) is 6.10 Å². The standard InChI is InChI=1S/C7H9BrN2O/c8-6-3-9-10-4-5(11)1-2-7(6)10/h3,5,11H,1-2,4H2. The maximum atomic E-state index is 9.29. The van der Waals surface area contributed by atoms with Crippen molar-refractivity contribution >= 4 is 15.9 Å². The van der Waals surface area contributed by atoms with Crippen molar-refractivity contribution in [2.75, 3.05) is 0 Å². The van der Waals surface area contributed by atoms with E-state index in [2.05, 4.69) is 21.0 Å². The van der Waals surface area contributed by atoms with E-state index in [1.807, 2.05) is 4.68 Å². The van der Waals surface area contributed by atoms with Gasteiger partial charge in [0.05, 0.1) is 29.0 Å². The van der Waals surface area contributed by atoms with Crippen LogP contribution in [0.25, 0.3) is 0 Å². The van der Waals surface area contributed by atoms with Crippen LogP contribution in [0.5, 0.6) is 0 Å². The van der Waals surface area contributed by atoms with Crippen LogP contribution in [-0.2, 0) is 13.0 Å². The first-order valence-corrected chi connectivity index (χ1v) is 4.45. The summed E-state index contributed by atoms with van der Waals surface area (Å²) in [5.74, 6) is 0. The summed E-state index contributed by atoms with van der Waals surface area (Å²) in [7, 11) is 0. The van der Waals surface area contributed by atoms with Crippen molar-refractivity contribution in [2.45, 2.75) is 25.5 Å². The Hall–Kier alpha value is -0.350. The first-order valence-electron chi connectivity index (χ1n) is 3.65. The monoisotopic (exact) mass is 216 g/mol. The minimum Gasteiger partial charge on any atom is -0.391 e. The topological polar surface area (TPSA) is 38.1 Å². The van der Waals surface area contributed by atoms with E-state index in [1.54, 1.807) is 6.20 Å². The molecule has 1 N–H and O–H groups in total. The molecule has 0 aliphatic carbocycles. The number of fused-ring (bicyclic) bond motifs is 1. The van der Waals surface area contributed by atoms with Crippen molar-refractivity contribution in [1.82, 2.24) is 9.78 Å². The lowest BCUT2D eigenvalue weighted by atomic mass is 10.1. The van der Waals surface area contributed by atoms with Crippen molar-refractivity contribution < 1.29 is 5.11 Å². The Labute approximate surface area is 73.2 Å². The Morgan fingerprint density at radius 2 is 2.55 bits per heavy atom. The number of rotatable bonds is 0. The number of nitrogens with zero attached hydrogens (tertiary/aromatic N) is 2. The molecule has 1 aromatic rings. The van der Waals surface area contributed by atoms with Crippen LogP contribution in [0.1, 0.15) is 12.1 Å². The zero-order chi connectivity index (χ0) is 7.84. The third-order valence-electron chi connectivity index (χ3n) is 2.00. The maximum absolute atomic E-state index is 9.29. The molecule has 1 atom stereocenters. The highest BCUT2D eigenvalue weighted by atomic mass is 79.9. The number of halogens is 1. The molecular formula is C7H9BrN2O. The molecule has 0 aromatic carbocycles. The average molecular weight is 217 g/mol. The molecular weight excluding hydrogens is 208 g/mol. The fraction of sp³-hybridized carbons (Fsp3) is 0.571. The molecule has 0 radical (unpaired) electrons. The first kappa shape index (κ1) is 7.31. The summed E-state index contributed by atoms with van der Waals surface area (Å²) in [6, 6.07) is 0. The molecule has 1 aliphatic rings. The van der Waals surface area contributed by atoms with Gasteiger partial charge in [-0.3, -0.25) is 4.68 Å². The highest BCUT2D eigenvalue weighted by Crippen LogP contribution is 2.22. The summed E-state index contributed by atoms with van der Waals surface area (Å²) >= 11 is 3.41. The van der Waals surface area contributed by atoms with Crippen molar-refractivity contribution in [3.05, 3.63) is 16.4 Å². The van der Waals surface area contributed by atoms with E-state index in [1.165, 1.54) is 5.69 Å². The highest BCUT2D eigenvalue weighted by molar-refractivity contribution is 9.10. The van der Waals surface area contributed by atoms with Crippen molar-refractivity contribution in [2.24, 2.45) is 0 Å². The molecule has 0 saturated carbocycles. The zero-order valence-electron chi connectivity index (χ0n) is 6.00. The molecule has 1 aromatic heterocycles. The first-order chi connectivity index (χ1) is 5.27. The maximum Gasteiger partial charge on any atom is 0.0739 e. The Kier molecular flexibility index (Phi) is 1.73. The van der Waals surface area contributed by atoms with E-state index in [9.17, 15) is 5.11 Å². The third kappa shape index (κ3) is 1.20. The molecule has 11 heavy (non-hydrogen) atoms. The quantitative estimate of drug-likeness (QED) is 0.702. The van der Waals surface area contributed by atoms with E-state index >= 15 is 0 Å². The number of aromatic nitrogens is 2. The minimum atomic E-state index is -0.214. The molecule has 0 fully saturated rings. The summed E-state index contributed by atoms with van der Waals surface area (Å²) < 4.78 is 2.92. The lowest BCUT2D eigenvalue weighted by molar-refractivity contribution is 0.125. The van der Waals surface area contributed by atoms with E-state index in [0.29, 0.717) is 6.54 Å². The second-order valence-corrected chi connectivity index (χ2v) is 3.67. The average Bonchev–Trinajstić information content (AvgIpc) is 2.32. The Morgan fingerprint density at radius 3 is 3.36 bits per heavy atom. The molecule has 0 spiro atoms. The van der Waals surface area contributed by atoms with E-state index in [0.717, 1.165) is 17.3 Å². The molecule has 2 rings (SSSR count). The lowest BCUT2D eigenvalue weighted by Crippen LogP contribution is -2.24. The smallest absolute Gasteiger partial charge is 0.0739 e. The van der Waals surface area contributed by atoms with Crippen LogP contribution < -0.4 is 0 Å². The van der Waals surface area contributed by atoms with E-state index < -0.39 is 0 Å². The van der Waals surface area contributed by atoms with E-state index in [4.69, 9.17) is 0 Å². The van der Waals surface area contributed by atoms with Crippen LogP contribution in [0.15, 0.2) is 10.7 Å². The summed E-state index contributed by atoms with van der Waals surface area (Å²) in [6.45, 7) is 0.640. The van der Waals surface area contributed by atoms with Gasteiger partial charge < -0.3 is 5.11 Å². The minimum absolute atomic E-state index is 0.214. The summed E-state index contributed by atoms with van der Waals surface area (Å²) in [6.07, 6.45) is 3.34. The fourth-order valence-electron chi connectivity index (χ4n) is 1.39. The van der Waals surface area contributed by atoms with Crippen molar-refractivity contribution in [3.8, 4) is 0 Å². The van der Waals surface area contributed by atoms with Crippen LogP contribution in [0, 0.1) is 0 Å². The molecule has 1 unspecified atom stereocenters. The van der Waals surface area contributed by atoms with Crippen molar-refractivity contribution in [1.29, 1.82) is 0 Å². The predicted octanol–water partition coefficient (Wildman–Crippen LogP) is 0.953. The summed E-state index contributed by atoms with van der Waals surface area (Å²) in [5, 5.41) is 13.4. The van der Waals surface area contributed by atoms with Crippen LogP contribution in [-0.4, -0.2) is 21.0 Å². The molecule has 4 heteroatoms. The Bertz CT molecular complexity index is 271. The van der Waals surface area contributed by atoms with Gasteiger partial charge in [-0.25, -0.2) is 0 Å². The number of aliphatic hydroxyl groups is 1. The third-order valence-corrected chi connectivity index (χ3v) is 2.66. The largest absolute Gasteiger partial charge is 0.391 e. The van der Waals surface area contributed by atoms with Gasteiger partial charge in [-0.1, -0.05) is 0 Å². The van der Waals surface area contributed by atoms with Crippen LogP contribution >= 0.6 is 15.9 Å².